The number of hydrogen-bond acceptors (Lipinski definition) is 3. The fourth-order valence-electron chi connectivity index (χ4n) is 2.71. The first kappa shape index (κ1) is 16.7. The standard InChI is InChI=1S/C17H25FN2O2/c1-14(20-11-4-5-12-20)8-9-17(21)19-10-13-22-16-7-3-2-6-15(16)18/h2-3,6-7,14H,4-5,8-13H2,1H3,(H,19,21)/t14-/m1/s1. The van der Waals surface area contributed by atoms with Gasteiger partial charge in [-0.15, -0.1) is 0 Å². The first-order chi connectivity index (χ1) is 10.7. The lowest BCUT2D eigenvalue weighted by atomic mass is 10.1. The van der Waals surface area contributed by atoms with Gasteiger partial charge in [0.05, 0.1) is 6.54 Å². The summed E-state index contributed by atoms with van der Waals surface area (Å²) in [5, 5.41) is 2.81. The number of nitrogens with one attached hydrogen (secondary N) is 1. The first-order valence-electron chi connectivity index (χ1n) is 8.05. The molecule has 0 radical (unpaired) electrons. The Kier molecular flexibility index (Phi) is 6.65. The minimum absolute atomic E-state index is 0.0307. The van der Waals surface area contributed by atoms with Gasteiger partial charge in [-0.3, -0.25) is 4.79 Å². The number of carbonyl (C=O) groups is 1. The molecule has 1 atom stereocenters. The molecule has 1 aliphatic rings. The summed E-state index contributed by atoms with van der Waals surface area (Å²) in [5.41, 5.74) is 0. The van der Waals surface area contributed by atoms with Crippen LogP contribution in [0.15, 0.2) is 24.3 Å². The molecule has 1 fully saturated rings. The molecule has 1 aromatic rings. The van der Waals surface area contributed by atoms with E-state index in [1.54, 1.807) is 18.2 Å². The van der Waals surface area contributed by atoms with Crippen molar-refractivity contribution in [3.63, 3.8) is 0 Å². The van der Waals surface area contributed by atoms with E-state index >= 15 is 0 Å². The zero-order chi connectivity index (χ0) is 15.8. The van der Waals surface area contributed by atoms with E-state index in [1.807, 2.05) is 0 Å². The number of carbonyl (C=O) groups excluding carboxylic acids is 1. The predicted molar refractivity (Wildman–Crippen MR) is 84.4 cm³/mol. The Morgan fingerprint density at radius 1 is 1.36 bits per heavy atom. The highest BCUT2D eigenvalue weighted by Crippen LogP contribution is 2.15. The van der Waals surface area contributed by atoms with Crippen LogP contribution in [0.2, 0.25) is 0 Å². The van der Waals surface area contributed by atoms with Gasteiger partial charge in [0.2, 0.25) is 5.91 Å². The molecule has 0 aliphatic carbocycles. The van der Waals surface area contributed by atoms with Crippen LogP contribution in [0.5, 0.6) is 5.75 Å². The van der Waals surface area contributed by atoms with Crippen LogP contribution in [0.1, 0.15) is 32.6 Å². The van der Waals surface area contributed by atoms with Crippen LogP contribution in [0.3, 0.4) is 0 Å². The van der Waals surface area contributed by atoms with E-state index in [4.69, 9.17) is 4.74 Å². The quantitative estimate of drug-likeness (QED) is 0.751. The van der Waals surface area contributed by atoms with Gasteiger partial charge in [-0.05, 0) is 51.4 Å². The lowest BCUT2D eigenvalue weighted by Crippen LogP contribution is -2.33. The molecule has 1 amide bonds. The molecule has 0 spiro atoms. The number of benzene rings is 1. The number of hydrogen-bond donors (Lipinski definition) is 1. The van der Waals surface area contributed by atoms with E-state index in [0.717, 1.165) is 19.5 Å². The summed E-state index contributed by atoms with van der Waals surface area (Å²) >= 11 is 0. The topological polar surface area (TPSA) is 41.6 Å². The van der Waals surface area contributed by atoms with Gasteiger partial charge in [-0.2, -0.15) is 0 Å². The van der Waals surface area contributed by atoms with E-state index < -0.39 is 0 Å². The van der Waals surface area contributed by atoms with Gasteiger partial charge >= 0.3 is 0 Å². The van der Waals surface area contributed by atoms with Crippen LogP contribution >= 0.6 is 0 Å². The zero-order valence-electron chi connectivity index (χ0n) is 13.2. The van der Waals surface area contributed by atoms with Crippen LogP contribution in [-0.4, -0.2) is 43.1 Å². The average molecular weight is 308 g/mol. The Morgan fingerprint density at radius 2 is 2.09 bits per heavy atom. The van der Waals surface area contributed by atoms with Crippen molar-refractivity contribution in [1.29, 1.82) is 0 Å². The van der Waals surface area contributed by atoms with Gasteiger partial charge < -0.3 is 15.0 Å². The fraction of sp³-hybridized carbons (Fsp3) is 0.588. The van der Waals surface area contributed by atoms with Crippen molar-refractivity contribution < 1.29 is 13.9 Å². The number of amides is 1. The molecule has 1 N–H and O–H groups in total. The Bertz CT molecular complexity index is 475. The van der Waals surface area contributed by atoms with Gasteiger partial charge in [0, 0.05) is 12.5 Å². The highest BCUT2D eigenvalue weighted by molar-refractivity contribution is 5.75. The van der Waals surface area contributed by atoms with Crippen molar-refractivity contribution in [1.82, 2.24) is 10.2 Å². The molecule has 1 aromatic carbocycles. The van der Waals surface area contributed by atoms with Crippen LogP contribution in [0.25, 0.3) is 0 Å². The first-order valence-corrected chi connectivity index (χ1v) is 8.05. The second-order valence-electron chi connectivity index (χ2n) is 5.76. The zero-order valence-corrected chi connectivity index (χ0v) is 13.2. The largest absolute Gasteiger partial charge is 0.489 e. The normalized spacial score (nSPS) is 16.5. The van der Waals surface area contributed by atoms with E-state index in [0.29, 0.717) is 19.0 Å². The van der Waals surface area contributed by atoms with Crippen molar-refractivity contribution >= 4 is 5.91 Å². The van der Waals surface area contributed by atoms with E-state index in [9.17, 15) is 9.18 Å². The third-order valence-corrected chi connectivity index (χ3v) is 4.07. The van der Waals surface area contributed by atoms with Crippen LogP contribution in [-0.2, 0) is 4.79 Å². The lowest BCUT2D eigenvalue weighted by Gasteiger charge is -2.23. The van der Waals surface area contributed by atoms with Crippen LogP contribution < -0.4 is 10.1 Å². The molecule has 0 unspecified atom stereocenters. The molecule has 4 nitrogen and oxygen atoms in total. The monoisotopic (exact) mass is 308 g/mol. The minimum atomic E-state index is -0.381. The van der Waals surface area contributed by atoms with Crippen molar-refractivity contribution in [2.24, 2.45) is 0 Å². The van der Waals surface area contributed by atoms with Gasteiger partial charge in [0.15, 0.2) is 11.6 Å². The summed E-state index contributed by atoms with van der Waals surface area (Å²) in [4.78, 5) is 14.2. The minimum Gasteiger partial charge on any atom is -0.489 e. The highest BCUT2D eigenvalue weighted by Gasteiger charge is 2.18. The van der Waals surface area contributed by atoms with E-state index in [2.05, 4.69) is 17.1 Å². The molecular weight excluding hydrogens is 283 g/mol. The molecule has 0 bridgehead atoms. The third-order valence-electron chi connectivity index (χ3n) is 4.07. The van der Waals surface area contributed by atoms with Gasteiger partial charge in [0.1, 0.15) is 6.61 Å². The summed E-state index contributed by atoms with van der Waals surface area (Å²) in [6.07, 6.45) is 3.94. The maximum absolute atomic E-state index is 13.3. The Labute approximate surface area is 131 Å². The smallest absolute Gasteiger partial charge is 0.220 e. The number of halogens is 1. The lowest BCUT2D eigenvalue weighted by molar-refractivity contribution is -0.121. The molecule has 1 heterocycles. The fourth-order valence-corrected chi connectivity index (χ4v) is 2.71. The van der Waals surface area contributed by atoms with Gasteiger partial charge in [-0.25, -0.2) is 4.39 Å². The number of nitrogens with zero attached hydrogens (tertiary/aromatic N) is 1. The second-order valence-corrected chi connectivity index (χ2v) is 5.76. The summed E-state index contributed by atoms with van der Waals surface area (Å²) in [5.74, 6) is -0.129. The maximum Gasteiger partial charge on any atom is 0.220 e. The van der Waals surface area contributed by atoms with E-state index in [-0.39, 0.29) is 24.1 Å². The molecule has 0 aromatic heterocycles. The molecule has 0 saturated carbocycles. The Morgan fingerprint density at radius 3 is 2.82 bits per heavy atom. The summed E-state index contributed by atoms with van der Waals surface area (Å²) in [6, 6.07) is 6.73. The molecule has 122 valence electrons. The highest BCUT2D eigenvalue weighted by atomic mass is 19.1. The average Bonchev–Trinajstić information content (AvgIpc) is 3.05. The Hall–Kier alpha value is -1.62. The summed E-state index contributed by atoms with van der Waals surface area (Å²) < 4.78 is 18.6. The van der Waals surface area contributed by atoms with Crippen LogP contribution in [0.4, 0.5) is 4.39 Å². The second kappa shape index (κ2) is 8.73. The van der Waals surface area contributed by atoms with Crippen molar-refractivity contribution in [3.8, 4) is 5.75 Å². The SMILES string of the molecule is C[C@H](CCC(=O)NCCOc1ccccc1F)N1CCCC1. The summed E-state index contributed by atoms with van der Waals surface area (Å²) in [7, 11) is 0. The molecule has 1 aliphatic heterocycles. The van der Waals surface area contributed by atoms with Crippen molar-refractivity contribution in [2.75, 3.05) is 26.2 Å². The van der Waals surface area contributed by atoms with Crippen molar-refractivity contribution in [3.05, 3.63) is 30.1 Å². The molecule has 1 saturated heterocycles. The number of rotatable bonds is 8. The maximum atomic E-state index is 13.3. The number of likely N-dealkylation sites (tertiary alicyclic amines) is 1. The van der Waals surface area contributed by atoms with Gasteiger partial charge in [0.25, 0.3) is 0 Å². The van der Waals surface area contributed by atoms with Gasteiger partial charge in [-0.1, -0.05) is 12.1 Å². The summed E-state index contributed by atoms with van der Waals surface area (Å²) in [6.45, 7) is 5.15. The Balaban J connectivity index is 1.57. The molecule has 22 heavy (non-hydrogen) atoms. The third kappa shape index (κ3) is 5.30. The predicted octanol–water partition coefficient (Wildman–Crippen LogP) is 2.59. The molecular formula is C17H25FN2O2. The number of ether oxygens (including phenoxy) is 1. The molecule has 2 rings (SSSR count). The van der Waals surface area contributed by atoms with Crippen LogP contribution in [0, 0.1) is 5.82 Å². The van der Waals surface area contributed by atoms with Crippen molar-refractivity contribution in [2.45, 2.75) is 38.6 Å². The molecule has 5 heteroatoms. The van der Waals surface area contributed by atoms with E-state index in [1.165, 1.54) is 18.9 Å². The number of para-hydroxylation sites is 1.